The molecular formula is C11H23NO5S. The van der Waals surface area contributed by atoms with Crippen LogP contribution < -0.4 is 4.72 Å². The molecule has 0 amide bonds. The molecule has 0 saturated carbocycles. The smallest absolute Gasteiger partial charge is 0.306 e. The molecule has 2 N–H and O–H groups in total. The molecule has 0 rings (SSSR count). The number of esters is 1. The third kappa shape index (κ3) is 5.79. The van der Waals surface area contributed by atoms with E-state index in [0.717, 1.165) is 0 Å². The second-order valence-corrected chi connectivity index (χ2v) is 7.00. The molecule has 0 heterocycles. The Morgan fingerprint density at radius 3 is 2.17 bits per heavy atom. The first kappa shape index (κ1) is 17.3. The Bertz CT molecular complexity index is 381. The first-order chi connectivity index (χ1) is 7.91. The summed E-state index contributed by atoms with van der Waals surface area (Å²) in [6.45, 7) is 8.06. The summed E-state index contributed by atoms with van der Waals surface area (Å²) in [5.74, 6) is -0.908. The van der Waals surface area contributed by atoms with Gasteiger partial charge in [0.1, 0.15) is 0 Å². The van der Waals surface area contributed by atoms with Crippen LogP contribution in [-0.4, -0.2) is 43.0 Å². The maximum absolute atomic E-state index is 11.8. The van der Waals surface area contributed by atoms with Crippen LogP contribution in [0.25, 0.3) is 0 Å². The molecule has 0 radical (unpaired) electrons. The summed E-state index contributed by atoms with van der Waals surface area (Å²) in [7, 11) is -3.65. The van der Waals surface area contributed by atoms with Crippen LogP contribution in [0.15, 0.2) is 0 Å². The van der Waals surface area contributed by atoms with Gasteiger partial charge in [-0.15, -0.1) is 0 Å². The summed E-state index contributed by atoms with van der Waals surface area (Å²) < 4.78 is 30.6. The van der Waals surface area contributed by atoms with E-state index in [2.05, 4.69) is 9.46 Å². The van der Waals surface area contributed by atoms with Gasteiger partial charge < -0.3 is 9.84 Å². The fourth-order valence-electron chi connectivity index (χ4n) is 1.02. The molecule has 0 aliphatic heterocycles. The minimum absolute atomic E-state index is 0.203. The fourth-order valence-corrected chi connectivity index (χ4v) is 2.58. The topological polar surface area (TPSA) is 92.7 Å². The lowest BCUT2D eigenvalue weighted by atomic mass is 9.87. The number of carbonyl (C=O) groups excluding carboxylic acids is 1. The molecule has 0 saturated heterocycles. The Balaban J connectivity index is 4.55. The normalized spacial score (nSPS) is 13.4. The highest BCUT2D eigenvalue weighted by Gasteiger charge is 2.38. The number of carbonyl (C=O) groups is 1. The van der Waals surface area contributed by atoms with E-state index >= 15 is 0 Å². The van der Waals surface area contributed by atoms with Crippen LogP contribution in [0, 0.1) is 0 Å². The van der Waals surface area contributed by atoms with Crippen LogP contribution in [0.3, 0.4) is 0 Å². The zero-order valence-electron chi connectivity index (χ0n) is 11.6. The van der Waals surface area contributed by atoms with Crippen LogP contribution in [0.5, 0.6) is 0 Å². The van der Waals surface area contributed by atoms with E-state index in [-0.39, 0.29) is 18.8 Å². The number of sulfonamides is 1. The Kier molecular flexibility index (Phi) is 5.77. The van der Waals surface area contributed by atoms with E-state index < -0.39 is 27.1 Å². The second-order valence-electron chi connectivity index (χ2n) is 5.16. The lowest BCUT2D eigenvalue weighted by molar-refractivity contribution is -0.142. The highest BCUT2D eigenvalue weighted by molar-refractivity contribution is 7.89. The van der Waals surface area contributed by atoms with E-state index in [4.69, 9.17) is 0 Å². The first-order valence-corrected chi connectivity index (χ1v) is 7.46. The summed E-state index contributed by atoms with van der Waals surface area (Å²) in [6, 6.07) is 0. The van der Waals surface area contributed by atoms with Crippen molar-refractivity contribution in [3.8, 4) is 0 Å². The van der Waals surface area contributed by atoms with Crippen molar-refractivity contribution in [3.05, 3.63) is 0 Å². The molecule has 0 spiro atoms. The van der Waals surface area contributed by atoms with Gasteiger partial charge in [-0.05, 0) is 34.6 Å². The van der Waals surface area contributed by atoms with Crippen molar-refractivity contribution in [2.75, 3.05) is 12.4 Å². The summed E-state index contributed by atoms with van der Waals surface area (Å²) in [5, 5.41) is 9.85. The van der Waals surface area contributed by atoms with Crippen LogP contribution in [0.2, 0.25) is 0 Å². The Labute approximate surface area is 109 Å². The van der Waals surface area contributed by atoms with E-state index in [1.54, 1.807) is 20.8 Å². The summed E-state index contributed by atoms with van der Waals surface area (Å²) in [4.78, 5) is 11.1. The average molecular weight is 281 g/mol. The molecule has 7 heteroatoms. The predicted molar refractivity (Wildman–Crippen MR) is 68.5 cm³/mol. The minimum atomic E-state index is -3.65. The number of aliphatic hydroxyl groups is 1. The third-order valence-corrected chi connectivity index (χ3v) is 4.38. The van der Waals surface area contributed by atoms with E-state index in [9.17, 15) is 18.3 Å². The van der Waals surface area contributed by atoms with E-state index in [1.807, 2.05) is 0 Å². The highest BCUT2D eigenvalue weighted by atomic mass is 32.2. The summed E-state index contributed by atoms with van der Waals surface area (Å²) in [5.41, 5.74) is -2.25. The summed E-state index contributed by atoms with van der Waals surface area (Å²) >= 11 is 0. The Morgan fingerprint density at radius 1 is 1.28 bits per heavy atom. The lowest BCUT2D eigenvalue weighted by Gasteiger charge is -2.37. The van der Waals surface area contributed by atoms with E-state index in [0.29, 0.717) is 0 Å². The van der Waals surface area contributed by atoms with Gasteiger partial charge in [0.2, 0.25) is 10.0 Å². The standard InChI is InChI=1S/C11H23NO5S/c1-6-17-9(13)7-8-18(15,16)12-10(2,3)11(4,5)14/h12,14H,6-8H2,1-5H3. The average Bonchev–Trinajstić information content (AvgIpc) is 2.12. The third-order valence-electron chi connectivity index (χ3n) is 2.82. The largest absolute Gasteiger partial charge is 0.466 e. The summed E-state index contributed by atoms with van der Waals surface area (Å²) in [6.07, 6.45) is -0.203. The zero-order valence-corrected chi connectivity index (χ0v) is 12.4. The molecular weight excluding hydrogens is 258 g/mol. The van der Waals surface area contributed by atoms with Gasteiger partial charge in [0.05, 0.1) is 29.9 Å². The molecule has 0 aromatic carbocycles. The molecule has 108 valence electrons. The molecule has 6 nitrogen and oxygen atoms in total. The number of hydrogen-bond acceptors (Lipinski definition) is 5. The van der Waals surface area contributed by atoms with Crippen molar-refractivity contribution in [1.82, 2.24) is 4.72 Å². The van der Waals surface area contributed by atoms with E-state index in [1.165, 1.54) is 13.8 Å². The maximum atomic E-state index is 11.8. The van der Waals surface area contributed by atoms with Crippen molar-refractivity contribution in [2.45, 2.75) is 52.2 Å². The maximum Gasteiger partial charge on any atom is 0.306 e. The molecule has 0 atom stereocenters. The van der Waals surface area contributed by atoms with Crippen LogP contribution >= 0.6 is 0 Å². The minimum Gasteiger partial charge on any atom is -0.466 e. The van der Waals surface area contributed by atoms with Gasteiger partial charge in [-0.2, -0.15) is 0 Å². The number of nitrogens with one attached hydrogen (secondary N) is 1. The molecule has 0 bridgehead atoms. The number of rotatable bonds is 7. The van der Waals surface area contributed by atoms with Crippen LogP contribution in [0.4, 0.5) is 0 Å². The van der Waals surface area contributed by atoms with Crippen LogP contribution in [-0.2, 0) is 19.6 Å². The monoisotopic (exact) mass is 281 g/mol. The van der Waals surface area contributed by atoms with Crippen molar-refractivity contribution < 1.29 is 23.1 Å². The second kappa shape index (κ2) is 5.99. The van der Waals surface area contributed by atoms with Gasteiger partial charge in [0.15, 0.2) is 0 Å². The number of hydrogen-bond donors (Lipinski definition) is 2. The van der Waals surface area contributed by atoms with Gasteiger partial charge in [0.25, 0.3) is 0 Å². The lowest BCUT2D eigenvalue weighted by Crippen LogP contribution is -2.58. The van der Waals surface area contributed by atoms with Crippen molar-refractivity contribution in [2.24, 2.45) is 0 Å². The van der Waals surface area contributed by atoms with Gasteiger partial charge >= 0.3 is 5.97 Å². The SMILES string of the molecule is CCOC(=O)CCS(=O)(=O)NC(C)(C)C(C)(C)O. The van der Waals surface area contributed by atoms with Crippen molar-refractivity contribution >= 4 is 16.0 Å². The quantitative estimate of drug-likeness (QED) is 0.659. The molecule has 0 unspecified atom stereocenters. The molecule has 0 fully saturated rings. The predicted octanol–water partition coefficient (Wildman–Crippen LogP) is 0.408. The first-order valence-electron chi connectivity index (χ1n) is 5.81. The number of ether oxygens (including phenoxy) is 1. The Hall–Kier alpha value is -0.660. The highest BCUT2D eigenvalue weighted by Crippen LogP contribution is 2.21. The van der Waals surface area contributed by atoms with Gasteiger partial charge in [0, 0.05) is 0 Å². The molecule has 0 aliphatic rings. The molecule has 18 heavy (non-hydrogen) atoms. The van der Waals surface area contributed by atoms with Gasteiger partial charge in [-0.1, -0.05) is 0 Å². The molecule has 0 aromatic heterocycles. The fraction of sp³-hybridized carbons (Fsp3) is 0.909. The van der Waals surface area contributed by atoms with Crippen LogP contribution in [0.1, 0.15) is 41.0 Å². The van der Waals surface area contributed by atoms with Crippen molar-refractivity contribution in [3.63, 3.8) is 0 Å². The Morgan fingerprint density at radius 2 is 1.78 bits per heavy atom. The van der Waals surface area contributed by atoms with Gasteiger partial charge in [-0.3, -0.25) is 4.79 Å². The zero-order chi connectivity index (χ0) is 14.6. The van der Waals surface area contributed by atoms with Crippen molar-refractivity contribution in [1.29, 1.82) is 0 Å². The van der Waals surface area contributed by atoms with Gasteiger partial charge in [-0.25, -0.2) is 13.1 Å². The molecule has 0 aliphatic carbocycles. The molecule has 0 aromatic rings.